The van der Waals surface area contributed by atoms with Crippen molar-refractivity contribution in [2.24, 2.45) is 0 Å². The molecule has 2 atom stereocenters. The van der Waals surface area contributed by atoms with Crippen LogP contribution in [0.3, 0.4) is 0 Å². The topological polar surface area (TPSA) is 59.0 Å². The summed E-state index contributed by atoms with van der Waals surface area (Å²) in [5.74, 6) is 0.234. The van der Waals surface area contributed by atoms with Crippen molar-refractivity contribution in [3.63, 3.8) is 0 Å². The molecule has 0 saturated carbocycles. The van der Waals surface area contributed by atoms with Gasteiger partial charge in [0.2, 0.25) is 0 Å². The Balaban J connectivity index is 1.33. The number of carbonyl (C=O) groups excluding carboxylic acids is 1. The molecule has 1 aliphatic carbocycles. The maximum Gasteiger partial charge on any atom is 0.411 e. The van der Waals surface area contributed by atoms with Gasteiger partial charge in [-0.05, 0) is 48.9 Å². The number of fused-ring (bicyclic) bond motifs is 4. The van der Waals surface area contributed by atoms with Crippen molar-refractivity contribution in [3.8, 4) is 16.9 Å². The molecule has 0 aromatic heterocycles. The Morgan fingerprint density at radius 2 is 1.73 bits per heavy atom. The lowest BCUT2D eigenvalue weighted by molar-refractivity contribution is -0.0590. The first-order valence-electron chi connectivity index (χ1n) is 11.7. The molecule has 1 saturated heterocycles. The summed E-state index contributed by atoms with van der Waals surface area (Å²) in [5, 5.41) is 10.7. The van der Waals surface area contributed by atoms with E-state index in [1.807, 2.05) is 53.4 Å². The average Bonchev–Trinajstić information content (AvgIpc) is 3.38. The highest BCUT2D eigenvalue weighted by Gasteiger charge is 2.50. The quantitative estimate of drug-likeness (QED) is 0.549. The standard InChI is InChI=1S/C28H27NO4/c1-28(26-24-18(14-17-32-26)8-6-13-23(24)30)15-7-16-29(28)27(31)33-25-21-11-4-2-9-19(21)20-10-3-5-12-22(20)25/h2-6,8-13,25-26,30H,7,14-17H2,1H3/t26-,28+/m1/s1. The van der Waals surface area contributed by atoms with E-state index in [-0.39, 0.29) is 17.9 Å². The summed E-state index contributed by atoms with van der Waals surface area (Å²) in [4.78, 5) is 15.5. The SMILES string of the molecule is C[C@@]1([C@@H]2OCCc3cccc(O)c32)CCCN1C(=O)OC1c2ccccc2-c2ccccc21. The average molecular weight is 442 g/mol. The number of aromatic hydroxyl groups is 1. The second kappa shape index (κ2) is 7.63. The number of likely N-dealkylation sites (tertiary alicyclic amines) is 1. The highest BCUT2D eigenvalue weighted by Crippen LogP contribution is 2.49. The van der Waals surface area contributed by atoms with Crippen LogP contribution in [0.25, 0.3) is 11.1 Å². The number of amides is 1. The number of rotatable bonds is 2. The molecule has 0 spiro atoms. The summed E-state index contributed by atoms with van der Waals surface area (Å²) in [6.07, 6.45) is 1.27. The van der Waals surface area contributed by atoms with E-state index in [1.54, 1.807) is 6.07 Å². The molecule has 2 aliphatic heterocycles. The van der Waals surface area contributed by atoms with E-state index in [9.17, 15) is 9.90 Å². The molecule has 168 valence electrons. The fourth-order valence-corrected chi connectivity index (χ4v) is 5.94. The van der Waals surface area contributed by atoms with Crippen LogP contribution >= 0.6 is 0 Å². The van der Waals surface area contributed by atoms with E-state index >= 15 is 0 Å². The molecular formula is C28H27NO4. The van der Waals surface area contributed by atoms with Gasteiger partial charge >= 0.3 is 6.09 Å². The molecule has 6 rings (SSSR count). The van der Waals surface area contributed by atoms with Gasteiger partial charge in [0.25, 0.3) is 0 Å². The number of benzene rings is 3. The Bertz CT molecular complexity index is 1190. The van der Waals surface area contributed by atoms with Crippen LogP contribution in [0.5, 0.6) is 5.75 Å². The molecule has 5 nitrogen and oxygen atoms in total. The summed E-state index contributed by atoms with van der Waals surface area (Å²) < 4.78 is 12.4. The van der Waals surface area contributed by atoms with Crippen molar-refractivity contribution in [1.82, 2.24) is 4.90 Å². The predicted octanol–water partition coefficient (Wildman–Crippen LogP) is 5.77. The van der Waals surface area contributed by atoms with Crippen molar-refractivity contribution in [2.45, 2.75) is 43.9 Å². The molecule has 33 heavy (non-hydrogen) atoms. The van der Waals surface area contributed by atoms with Gasteiger partial charge in [-0.1, -0.05) is 60.7 Å². The molecule has 3 aliphatic rings. The van der Waals surface area contributed by atoms with Gasteiger partial charge in [-0.3, -0.25) is 4.90 Å². The molecule has 0 bridgehead atoms. The Labute approximate surface area is 193 Å². The number of hydrogen-bond donors (Lipinski definition) is 1. The third-order valence-corrected chi connectivity index (χ3v) is 7.55. The summed E-state index contributed by atoms with van der Waals surface area (Å²) in [6, 6.07) is 21.9. The largest absolute Gasteiger partial charge is 0.508 e. The van der Waals surface area contributed by atoms with Crippen LogP contribution in [0, 0.1) is 0 Å². The van der Waals surface area contributed by atoms with E-state index < -0.39 is 11.6 Å². The van der Waals surface area contributed by atoms with Gasteiger partial charge in [-0.25, -0.2) is 4.79 Å². The maximum absolute atomic E-state index is 13.7. The molecule has 0 radical (unpaired) electrons. The van der Waals surface area contributed by atoms with Gasteiger partial charge in [-0.2, -0.15) is 0 Å². The predicted molar refractivity (Wildman–Crippen MR) is 125 cm³/mol. The van der Waals surface area contributed by atoms with Gasteiger partial charge in [0.05, 0.1) is 12.1 Å². The Morgan fingerprint density at radius 3 is 2.45 bits per heavy atom. The molecule has 3 aromatic rings. The van der Waals surface area contributed by atoms with Gasteiger partial charge in [0.1, 0.15) is 11.9 Å². The fourth-order valence-electron chi connectivity index (χ4n) is 5.94. The third-order valence-electron chi connectivity index (χ3n) is 7.55. The van der Waals surface area contributed by atoms with Crippen LogP contribution in [-0.2, 0) is 15.9 Å². The number of nitrogens with zero attached hydrogens (tertiary/aromatic N) is 1. The first-order valence-corrected chi connectivity index (χ1v) is 11.7. The summed E-state index contributed by atoms with van der Waals surface area (Å²) >= 11 is 0. The minimum Gasteiger partial charge on any atom is -0.508 e. The van der Waals surface area contributed by atoms with E-state index in [4.69, 9.17) is 9.47 Å². The van der Waals surface area contributed by atoms with Crippen molar-refractivity contribution < 1.29 is 19.4 Å². The van der Waals surface area contributed by atoms with Crippen LogP contribution in [0.2, 0.25) is 0 Å². The third kappa shape index (κ3) is 3.06. The molecule has 1 fully saturated rings. The van der Waals surface area contributed by atoms with Gasteiger partial charge in [0, 0.05) is 23.2 Å². The first kappa shape index (κ1) is 20.3. The van der Waals surface area contributed by atoms with Crippen molar-refractivity contribution in [1.29, 1.82) is 0 Å². The van der Waals surface area contributed by atoms with Crippen LogP contribution in [-0.4, -0.2) is 34.8 Å². The Kier molecular flexibility index (Phi) is 4.70. The minimum absolute atomic E-state index is 0.234. The molecular weight excluding hydrogens is 414 g/mol. The van der Waals surface area contributed by atoms with Crippen molar-refractivity contribution in [3.05, 3.63) is 89.0 Å². The number of phenols is 1. The number of hydrogen-bond acceptors (Lipinski definition) is 4. The highest BCUT2D eigenvalue weighted by atomic mass is 16.6. The van der Waals surface area contributed by atoms with Crippen LogP contribution in [0.1, 0.15) is 54.2 Å². The lowest BCUT2D eigenvalue weighted by Crippen LogP contribution is -2.51. The van der Waals surface area contributed by atoms with E-state index in [1.165, 1.54) is 0 Å². The molecule has 5 heteroatoms. The second-order valence-electron chi connectivity index (χ2n) is 9.40. The van der Waals surface area contributed by atoms with Crippen LogP contribution in [0.4, 0.5) is 4.79 Å². The first-order chi connectivity index (χ1) is 16.1. The van der Waals surface area contributed by atoms with Gasteiger partial charge in [-0.15, -0.1) is 0 Å². The van der Waals surface area contributed by atoms with Gasteiger partial charge < -0.3 is 14.6 Å². The summed E-state index contributed by atoms with van der Waals surface area (Å²) in [6.45, 7) is 3.24. The normalized spacial score (nSPS) is 23.7. The zero-order valence-electron chi connectivity index (χ0n) is 18.7. The van der Waals surface area contributed by atoms with Crippen molar-refractivity contribution in [2.75, 3.05) is 13.2 Å². The second-order valence-corrected chi connectivity index (χ2v) is 9.40. The molecule has 1 amide bonds. The Morgan fingerprint density at radius 1 is 1.03 bits per heavy atom. The van der Waals surface area contributed by atoms with Crippen LogP contribution in [0.15, 0.2) is 66.7 Å². The lowest BCUT2D eigenvalue weighted by atomic mass is 9.82. The zero-order valence-corrected chi connectivity index (χ0v) is 18.7. The van der Waals surface area contributed by atoms with Gasteiger partial charge in [0.15, 0.2) is 6.10 Å². The van der Waals surface area contributed by atoms with E-state index in [0.717, 1.165) is 52.6 Å². The van der Waals surface area contributed by atoms with E-state index in [2.05, 4.69) is 19.1 Å². The Hall–Kier alpha value is -3.31. The molecule has 1 N–H and O–H groups in total. The van der Waals surface area contributed by atoms with Crippen LogP contribution < -0.4 is 0 Å². The van der Waals surface area contributed by atoms with Crippen molar-refractivity contribution >= 4 is 6.09 Å². The number of phenolic OH excluding ortho intramolecular Hbond substituents is 1. The summed E-state index contributed by atoms with van der Waals surface area (Å²) in [5.41, 5.74) is 5.57. The zero-order chi connectivity index (χ0) is 22.6. The highest BCUT2D eigenvalue weighted by molar-refractivity contribution is 5.80. The minimum atomic E-state index is -0.595. The number of ether oxygens (including phenoxy) is 2. The van der Waals surface area contributed by atoms with E-state index in [0.29, 0.717) is 13.2 Å². The molecule has 3 aromatic carbocycles. The number of carbonyl (C=O) groups is 1. The molecule has 2 heterocycles. The molecule has 0 unspecified atom stereocenters. The fraction of sp³-hybridized carbons (Fsp3) is 0.321. The smallest absolute Gasteiger partial charge is 0.411 e. The monoisotopic (exact) mass is 441 g/mol. The lowest BCUT2D eigenvalue weighted by Gasteiger charge is -2.43. The maximum atomic E-state index is 13.7. The summed E-state index contributed by atoms with van der Waals surface area (Å²) in [7, 11) is 0.